The van der Waals surface area contributed by atoms with E-state index < -0.39 is 12.7 Å². The lowest BCUT2D eigenvalue weighted by Crippen LogP contribution is -2.34. The van der Waals surface area contributed by atoms with Gasteiger partial charge in [0.2, 0.25) is 0 Å². The van der Waals surface area contributed by atoms with Crippen LogP contribution in [0.5, 0.6) is 0 Å². The lowest BCUT2D eigenvalue weighted by atomic mass is 10.2. The summed E-state index contributed by atoms with van der Waals surface area (Å²) in [5.74, 6) is 0.826. The fourth-order valence-corrected chi connectivity index (χ4v) is 3.20. The molecule has 1 saturated heterocycles. The second-order valence-electron chi connectivity index (χ2n) is 6.23. The first-order valence-electron chi connectivity index (χ1n) is 7.96. The Bertz CT molecular complexity index is 697. The molecular formula is C15H21F3N6O. The molecule has 2 aromatic rings. The van der Waals surface area contributed by atoms with Crippen molar-refractivity contribution in [2.45, 2.75) is 44.4 Å². The second kappa shape index (κ2) is 7.04. The molecule has 0 aromatic carbocycles. The molecule has 2 atom stereocenters. The summed E-state index contributed by atoms with van der Waals surface area (Å²) in [5, 5.41) is 4.18. The van der Waals surface area contributed by atoms with Gasteiger partial charge in [-0.2, -0.15) is 18.3 Å². The number of methoxy groups -OCH3 is 1. The normalized spacial score (nSPS) is 21.9. The largest absolute Gasteiger partial charge is 0.406 e. The molecule has 0 saturated carbocycles. The summed E-state index contributed by atoms with van der Waals surface area (Å²) in [7, 11) is 1.64. The third-order valence-electron chi connectivity index (χ3n) is 4.38. The van der Waals surface area contributed by atoms with Gasteiger partial charge in [-0.05, 0) is 12.5 Å². The van der Waals surface area contributed by atoms with Crippen LogP contribution in [0.2, 0.25) is 0 Å². The number of alkyl halides is 3. The Kier molecular flexibility index (Phi) is 5.00. The van der Waals surface area contributed by atoms with Gasteiger partial charge >= 0.3 is 6.18 Å². The van der Waals surface area contributed by atoms with Crippen molar-refractivity contribution in [1.82, 2.24) is 24.2 Å². The monoisotopic (exact) mass is 358 g/mol. The van der Waals surface area contributed by atoms with E-state index in [9.17, 15) is 13.2 Å². The zero-order valence-electron chi connectivity index (χ0n) is 13.9. The summed E-state index contributed by atoms with van der Waals surface area (Å²) < 4.78 is 46.4. The van der Waals surface area contributed by atoms with Crippen LogP contribution in [0, 0.1) is 0 Å². The van der Waals surface area contributed by atoms with Gasteiger partial charge in [-0.3, -0.25) is 9.58 Å². The molecule has 1 aliphatic rings. The fraction of sp³-hybridized carbons (Fsp3) is 0.600. The number of halogens is 3. The van der Waals surface area contributed by atoms with Crippen molar-refractivity contribution in [3.63, 3.8) is 0 Å². The number of hydrogen-bond donors (Lipinski definition) is 1. The van der Waals surface area contributed by atoms with Crippen molar-refractivity contribution >= 4 is 5.82 Å². The van der Waals surface area contributed by atoms with Crippen LogP contribution in [0.3, 0.4) is 0 Å². The third kappa shape index (κ3) is 4.51. The van der Waals surface area contributed by atoms with E-state index in [-0.39, 0.29) is 12.1 Å². The van der Waals surface area contributed by atoms with E-state index in [1.807, 2.05) is 0 Å². The van der Waals surface area contributed by atoms with Crippen LogP contribution in [0.25, 0.3) is 0 Å². The number of anilines is 1. The second-order valence-corrected chi connectivity index (χ2v) is 6.23. The van der Waals surface area contributed by atoms with Crippen LogP contribution in [0.15, 0.2) is 24.7 Å². The molecule has 2 aromatic heterocycles. The Morgan fingerprint density at radius 1 is 1.36 bits per heavy atom. The van der Waals surface area contributed by atoms with E-state index in [0.717, 1.165) is 11.0 Å². The van der Waals surface area contributed by atoms with Crippen molar-refractivity contribution in [2.75, 3.05) is 19.4 Å². The van der Waals surface area contributed by atoms with E-state index in [1.165, 1.54) is 12.4 Å². The van der Waals surface area contributed by atoms with E-state index in [0.29, 0.717) is 31.3 Å². The molecule has 3 rings (SSSR count). The highest BCUT2D eigenvalue weighted by Gasteiger charge is 2.34. The van der Waals surface area contributed by atoms with Crippen LogP contribution < -0.4 is 5.73 Å². The molecule has 138 valence electrons. The maximum Gasteiger partial charge on any atom is 0.406 e. The van der Waals surface area contributed by atoms with E-state index in [1.54, 1.807) is 24.1 Å². The predicted octanol–water partition coefficient (Wildman–Crippen LogP) is 1.51. The highest BCUT2D eigenvalue weighted by molar-refractivity contribution is 5.23. The Hall–Kier alpha value is -2.07. The van der Waals surface area contributed by atoms with Gasteiger partial charge < -0.3 is 15.0 Å². The van der Waals surface area contributed by atoms with Crippen LogP contribution in [-0.2, 0) is 24.4 Å². The molecule has 0 radical (unpaired) electrons. The molecule has 0 unspecified atom stereocenters. The third-order valence-corrected chi connectivity index (χ3v) is 4.38. The van der Waals surface area contributed by atoms with Crippen LogP contribution >= 0.6 is 0 Å². The highest BCUT2D eigenvalue weighted by Crippen LogP contribution is 2.24. The SMILES string of the molecule is CO[C@H]1C[C@@H](Cn2ccc(N)n2)N(Cc2nccn2CC(F)(F)F)C1. The first-order valence-corrected chi connectivity index (χ1v) is 7.96. The van der Waals surface area contributed by atoms with E-state index >= 15 is 0 Å². The van der Waals surface area contributed by atoms with Gasteiger partial charge in [-0.25, -0.2) is 4.98 Å². The van der Waals surface area contributed by atoms with Gasteiger partial charge in [-0.15, -0.1) is 0 Å². The van der Waals surface area contributed by atoms with Crippen molar-refractivity contribution < 1.29 is 17.9 Å². The summed E-state index contributed by atoms with van der Waals surface area (Å²) in [5.41, 5.74) is 5.64. The Labute approximate surface area is 143 Å². The number of imidazole rings is 1. The predicted molar refractivity (Wildman–Crippen MR) is 84.5 cm³/mol. The van der Waals surface area contributed by atoms with Gasteiger partial charge in [0, 0.05) is 38.3 Å². The van der Waals surface area contributed by atoms with Gasteiger partial charge in [0.15, 0.2) is 0 Å². The average molecular weight is 358 g/mol. The molecule has 0 spiro atoms. The summed E-state index contributed by atoms with van der Waals surface area (Å²) in [6, 6.07) is 1.80. The number of rotatable bonds is 6. The van der Waals surface area contributed by atoms with Gasteiger partial charge in [0.25, 0.3) is 0 Å². The molecular weight excluding hydrogens is 337 g/mol. The van der Waals surface area contributed by atoms with Gasteiger partial charge in [0.1, 0.15) is 18.2 Å². The maximum absolute atomic E-state index is 12.7. The molecule has 0 bridgehead atoms. The number of aromatic nitrogens is 4. The molecule has 25 heavy (non-hydrogen) atoms. The molecule has 1 fully saturated rings. The molecule has 2 N–H and O–H groups in total. The lowest BCUT2D eigenvalue weighted by molar-refractivity contribution is -0.141. The Balaban J connectivity index is 1.72. The number of hydrogen-bond acceptors (Lipinski definition) is 5. The van der Waals surface area contributed by atoms with Crippen LogP contribution in [0.4, 0.5) is 19.0 Å². The van der Waals surface area contributed by atoms with Crippen molar-refractivity contribution in [3.8, 4) is 0 Å². The minimum absolute atomic E-state index is 0.0314. The Morgan fingerprint density at radius 3 is 2.80 bits per heavy atom. The quantitative estimate of drug-likeness (QED) is 0.847. The molecule has 0 amide bonds. The number of ether oxygens (including phenoxy) is 1. The maximum atomic E-state index is 12.7. The first-order chi connectivity index (χ1) is 11.8. The standard InChI is InChI=1S/C15H21F3N6O/c1-25-12-6-11(7-24-4-2-13(19)21-24)23(8-12)9-14-20-3-5-22(14)10-15(16,17)18/h2-5,11-12H,6-10H2,1H3,(H2,19,21)/t11-,12-/m0/s1. The molecule has 1 aliphatic heterocycles. The molecule has 3 heterocycles. The van der Waals surface area contributed by atoms with Crippen LogP contribution in [-0.4, -0.2) is 56.2 Å². The van der Waals surface area contributed by atoms with Crippen molar-refractivity contribution in [2.24, 2.45) is 0 Å². The fourth-order valence-electron chi connectivity index (χ4n) is 3.20. The minimum atomic E-state index is -4.28. The van der Waals surface area contributed by atoms with E-state index in [2.05, 4.69) is 15.0 Å². The molecule has 0 aliphatic carbocycles. The van der Waals surface area contributed by atoms with Crippen LogP contribution in [0.1, 0.15) is 12.2 Å². The number of nitrogens with two attached hydrogens (primary N) is 1. The van der Waals surface area contributed by atoms with Gasteiger partial charge in [0.05, 0.1) is 19.2 Å². The molecule has 7 nitrogen and oxygen atoms in total. The first kappa shape index (κ1) is 17.7. The zero-order chi connectivity index (χ0) is 18.0. The van der Waals surface area contributed by atoms with Crippen molar-refractivity contribution in [1.29, 1.82) is 0 Å². The number of nitrogen functional groups attached to an aromatic ring is 1. The summed E-state index contributed by atoms with van der Waals surface area (Å²) >= 11 is 0. The lowest BCUT2D eigenvalue weighted by Gasteiger charge is -2.24. The Morgan fingerprint density at radius 2 is 2.16 bits per heavy atom. The van der Waals surface area contributed by atoms with Crippen molar-refractivity contribution in [3.05, 3.63) is 30.5 Å². The summed E-state index contributed by atoms with van der Waals surface area (Å²) in [4.78, 5) is 6.18. The van der Waals surface area contributed by atoms with E-state index in [4.69, 9.17) is 10.5 Å². The highest BCUT2D eigenvalue weighted by atomic mass is 19.4. The zero-order valence-corrected chi connectivity index (χ0v) is 13.9. The topological polar surface area (TPSA) is 74.1 Å². The summed E-state index contributed by atoms with van der Waals surface area (Å²) in [6.45, 7) is 0.516. The summed E-state index contributed by atoms with van der Waals surface area (Å²) in [6.07, 6.45) is 1.07. The smallest absolute Gasteiger partial charge is 0.382 e. The number of nitrogens with zero attached hydrogens (tertiary/aromatic N) is 5. The average Bonchev–Trinajstić information content (AvgIpc) is 3.21. The molecule has 10 heteroatoms. The van der Waals surface area contributed by atoms with Gasteiger partial charge in [-0.1, -0.05) is 0 Å². The number of likely N-dealkylation sites (tertiary alicyclic amines) is 1. The minimum Gasteiger partial charge on any atom is -0.382 e.